The molecule has 0 bridgehead atoms. The first-order valence-electron chi connectivity index (χ1n) is 4.63. The fourth-order valence-corrected chi connectivity index (χ4v) is 0.969. The molecular formula is C10H20O2. The van der Waals surface area contributed by atoms with Crippen LogP contribution in [-0.4, -0.2) is 18.5 Å². The summed E-state index contributed by atoms with van der Waals surface area (Å²) >= 11 is 0. The van der Waals surface area contributed by atoms with Crippen LogP contribution in [0.4, 0.5) is 0 Å². The first-order chi connectivity index (χ1) is 5.52. The zero-order valence-corrected chi connectivity index (χ0v) is 8.59. The number of Topliss-reactive ketones (excluding diaryl/α,β-unsaturated/α-hetero) is 1. The summed E-state index contributed by atoms with van der Waals surface area (Å²) in [6.45, 7) is 8.65. The number of ketones is 1. The standard InChI is InChI=1S/C10H20O2/c1-8(2)5-6-12-10(4)7-9(3)11/h8,10H,5-7H2,1-4H3. The van der Waals surface area contributed by atoms with Crippen LogP contribution >= 0.6 is 0 Å². The second-order valence-electron chi connectivity index (χ2n) is 3.77. The molecule has 0 aliphatic carbocycles. The first-order valence-corrected chi connectivity index (χ1v) is 4.63. The predicted molar refractivity (Wildman–Crippen MR) is 50.2 cm³/mol. The van der Waals surface area contributed by atoms with Crippen molar-refractivity contribution in [3.05, 3.63) is 0 Å². The highest BCUT2D eigenvalue weighted by atomic mass is 16.5. The van der Waals surface area contributed by atoms with Crippen molar-refractivity contribution in [2.24, 2.45) is 5.92 Å². The van der Waals surface area contributed by atoms with Gasteiger partial charge in [-0.1, -0.05) is 13.8 Å². The lowest BCUT2D eigenvalue weighted by Gasteiger charge is -2.12. The maximum Gasteiger partial charge on any atom is 0.132 e. The zero-order valence-electron chi connectivity index (χ0n) is 8.59. The Hall–Kier alpha value is -0.370. The molecule has 0 amide bonds. The fraction of sp³-hybridized carbons (Fsp3) is 0.900. The van der Waals surface area contributed by atoms with Gasteiger partial charge in [-0.25, -0.2) is 0 Å². The molecule has 0 heterocycles. The lowest BCUT2D eigenvalue weighted by Crippen LogP contribution is -2.13. The van der Waals surface area contributed by atoms with Crippen LogP contribution in [0.2, 0.25) is 0 Å². The van der Waals surface area contributed by atoms with Gasteiger partial charge < -0.3 is 4.74 Å². The van der Waals surface area contributed by atoms with Crippen molar-refractivity contribution < 1.29 is 9.53 Å². The average molecular weight is 172 g/mol. The molecule has 12 heavy (non-hydrogen) atoms. The maximum absolute atomic E-state index is 10.7. The largest absolute Gasteiger partial charge is 0.378 e. The SMILES string of the molecule is CC(=O)CC(C)OCCC(C)C. The van der Waals surface area contributed by atoms with Crippen LogP contribution < -0.4 is 0 Å². The molecule has 0 aliphatic rings. The molecule has 0 N–H and O–H groups in total. The third-order valence-electron chi connectivity index (χ3n) is 1.67. The van der Waals surface area contributed by atoms with Crippen LogP contribution in [0.15, 0.2) is 0 Å². The summed E-state index contributed by atoms with van der Waals surface area (Å²) in [7, 11) is 0. The minimum absolute atomic E-state index is 0.0845. The second-order valence-corrected chi connectivity index (χ2v) is 3.77. The molecule has 1 atom stereocenters. The van der Waals surface area contributed by atoms with E-state index in [9.17, 15) is 4.79 Å². The van der Waals surface area contributed by atoms with Crippen LogP contribution in [0.1, 0.15) is 40.5 Å². The van der Waals surface area contributed by atoms with Crippen LogP contribution in [0.3, 0.4) is 0 Å². The highest BCUT2D eigenvalue weighted by molar-refractivity contribution is 5.75. The number of carbonyl (C=O) groups excluding carboxylic acids is 1. The molecule has 0 saturated carbocycles. The van der Waals surface area contributed by atoms with E-state index in [0.717, 1.165) is 13.0 Å². The normalized spacial score (nSPS) is 13.4. The maximum atomic E-state index is 10.7. The second kappa shape index (κ2) is 6.18. The van der Waals surface area contributed by atoms with Gasteiger partial charge in [0, 0.05) is 13.0 Å². The Labute approximate surface area is 75.3 Å². The van der Waals surface area contributed by atoms with E-state index in [0.29, 0.717) is 12.3 Å². The van der Waals surface area contributed by atoms with E-state index in [2.05, 4.69) is 13.8 Å². The highest BCUT2D eigenvalue weighted by Gasteiger charge is 2.05. The van der Waals surface area contributed by atoms with Crippen LogP contribution in [0, 0.1) is 5.92 Å². The molecule has 0 radical (unpaired) electrons. The summed E-state index contributed by atoms with van der Waals surface area (Å²) < 4.78 is 5.44. The van der Waals surface area contributed by atoms with Crippen molar-refractivity contribution in [3.8, 4) is 0 Å². The molecule has 0 aliphatic heterocycles. The Kier molecular flexibility index (Phi) is 5.99. The van der Waals surface area contributed by atoms with Crippen molar-refractivity contribution >= 4 is 5.78 Å². The van der Waals surface area contributed by atoms with Crippen LogP contribution in [-0.2, 0) is 9.53 Å². The van der Waals surface area contributed by atoms with E-state index in [1.54, 1.807) is 6.92 Å². The van der Waals surface area contributed by atoms with Gasteiger partial charge in [0.25, 0.3) is 0 Å². The van der Waals surface area contributed by atoms with E-state index in [1.807, 2.05) is 6.92 Å². The number of carbonyl (C=O) groups is 1. The summed E-state index contributed by atoms with van der Waals surface area (Å²) in [5.74, 6) is 0.876. The topological polar surface area (TPSA) is 26.3 Å². The quantitative estimate of drug-likeness (QED) is 0.615. The number of ether oxygens (including phenoxy) is 1. The van der Waals surface area contributed by atoms with Gasteiger partial charge in [-0.3, -0.25) is 4.79 Å². The number of hydrogen-bond donors (Lipinski definition) is 0. The zero-order chi connectivity index (χ0) is 9.56. The first kappa shape index (κ1) is 11.6. The lowest BCUT2D eigenvalue weighted by atomic mass is 10.1. The van der Waals surface area contributed by atoms with E-state index in [4.69, 9.17) is 4.74 Å². The number of rotatable bonds is 6. The van der Waals surface area contributed by atoms with Crippen molar-refractivity contribution in [3.63, 3.8) is 0 Å². The Morgan fingerprint density at radius 3 is 2.33 bits per heavy atom. The molecule has 2 heteroatoms. The van der Waals surface area contributed by atoms with Crippen molar-refractivity contribution in [1.82, 2.24) is 0 Å². The van der Waals surface area contributed by atoms with E-state index >= 15 is 0 Å². The minimum Gasteiger partial charge on any atom is -0.378 e. The van der Waals surface area contributed by atoms with Gasteiger partial charge >= 0.3 is 0 Å². The molecule has 0 saturated heterocycles. The average Bonchev–Trinajstić information content (AvgIpc) is 1.84. The lowest BCUT2D eigenvalue weighted by molar-refractivity contribution is -0.119. The Morgan fingerprint density at radius 1 is 1.33 bits per heavy atom. The van der Waals surface area contributed by atoms with Gasteiger partial charge in [0.1, 0.15) is 5.78 Å². The summed E-state index contributed by atoms with van der Waals surface area (Å²) in [6, 6.07) is 0. The third kappa shape index (κ3) is 7.73. The summed E-state index contributed by atoms with van der Waals surface area (Å²) in [5, 5.41) is 0. The summed E-state index contributed by atoms with van der Waals surface area (Å²) in [4.78, 5) is 10.7. The molecule has 0 fully saturated rings. The molecule has 0 aromatic carbocycles. The minimum atomic E-state index is 0.0845. The molecule has 0 aromatic heterocycles. The van der Waals surface area contributed by atoms with E-state index < -0.39 is 0 Å². The summed E-state index contributed by atoms with van der Waals surface area (Å²) in [6.07, 6.45) is 1.70. The Balaban J connectivity index is 3.31. The monoisotopic (exact) mass is 172 g/mol. The van der Waals surface area contributed by atoms with Crippen molar-refractivity contribution in [2.45, 2.75) is 46.6 Å². The fourth-order valence-electron chi connectivity index (χ4n) is 0.969. The predicted octanol–water partition coefficient (Wildman–Crippen LogP) is 2.42. The molecular weight excluding hydrogens is 152 g/mol. The van der Waals surface area contributed by atoms with E-state index in [-0.39, 0.29) is 11.9 Å². The molecule has 72 valence electrons. The third-order valence-corrected chi connectivity index (χ3v) is 1.67. The van der Waals surface area contributed by atoms with Gasteiger partial charge in [0.05, 0.1) is 6.10 Å². The van der Waals surface area contributed by atoms with Crippen molar-refractivity contribution in [1.29, 1.82) is 0 Å². The molecule has 0 rings (SSSR count). The highest BCUT2D eigenvalue weighted by Crippen LogP contribution is 2.03. The molecule has 0 spiro atoms. The van der Waals surface area contributed by atoms with Gasteiger partial charge in [-0.15, -0.1) is 0 Å². The number of hydrogen-bond acceptors (Lipinski definition) is 2. The van der Waals surface area contributed by atoms with Gasteiger partial charge in [-0.05, 0) is 26.2 Å². The van der Waals surface area contributed by atoms with Crippen LogP contribution in [0.5, 0.6) is 0 Å². The molecule has 0 aromatic rings. The van der Waals surface area contributed by atoms with Crippen LogP contribution in [0.25, 0.3) is 0 Å². The van der Waals surface area contributed by atoms with Gasteiger partial charge in [-0.2, -0.15) is 0 Å². The molecule has 1 unspecified atom stereocenters. The molecule has 2 nitrogen and oxygen atoms in total. The van der Waals surface area contributed by atoms with Crippen molar-refractivity contribution in [2.75, 3.05) is 6.61 Å². The van der Waals surface area contributed by atoms with Gasteiger partial charge in [0.2, 0.25) is 0 Å². The van der Waals surface area contributed by atoms with Gasteiger partial charge in [0.15, 0.2) is 0 Å². The summed E-state index contributed by atoms with van der Waals surface area (Å²) in [5.41, 5.74) is 0. The smallest absolute Gasteiger partial charge is 0.132 e. The van der Waals surface area contributed by atoms with E-state index in [1.165, 1.54) is 0 Å². The Bertz CT molecular complexity index is 130. The Morgan fingerprint density at radius 2 is 1.92 bits per heavy atom.